The van der Waals surface area contributed by atoms with Crippen LogP contribution in [-0.2, 0) is 11.2 Å². The third kappa shape index (κ3) is 3.42. The average molecular weight is 199 g/mol. The number of nitrogen functional groups attached to an aromatic ring is 1. The van der Waals surface area contributed by atoms with Crippen molar-refractivity contribution >= 4 is 22.4 Å². The van der Waals surface area contributed by atoms with Gasteiger partial charge in [0.1, 0.15) is 0 Å². The molecule has 0 aliphatic rings. The highest BCUT2D eigenvalue weighted by atomic mass is 32.1. The molecule has 1 rings (SSSR count). The fourth-order valence-electron chi connectivity index (χ4n) is 0.965. The lowest BCUT2D eigenvalue weighted by molar-refractivity contribution is -0.120. The van der Waals surface area contributed by atoms with Crippen LogP contribution in [0.25, 0.3) is 0 Å². The number of hydrogen-bond donors (Lipinski definition) is 2. The van der Waals surface area contributed by atoms with E-state index in [0.717, 1.165) is 5.69 Å². The molecule has 0 atom stereocenters. The number of nitrogens with one attached hydrogen (secondary N) is 1. The summed E-state index contributed by atoms with van der Waals surface area (Å²) < 4.78 is 0. The second kappa shape index (κ2) is 4.81. The van der Waals surface area contributed by atoms with Crippen molar-refractivity contribution in [3.05, 3.63) is 11.1 Å². The number of nitrogens with two attached hydrogens (primary N) is 1. The summed E-state index contributed by atoms with van der Waals surface area (Å²) in [6.45, 7) is 2.58. The van der Waals surface area contributed by atoms with Crippen LogP contribution < -0.4 is 11.1 Å². The molecule has 4 nitrogen and oxygen atoms in total. The first kappa shape index (κ1) is 9.98. The Kier molecular flexibility index (Phi) is 3.70. The molecule has 13 heavy (non-hydrogen) atoms. The van der Waals surface area contributed by atoms with E-state index in [-0.39, 0.29) is 5.91 Å². The van der Waals surface area contributed by atoms with Crippen molar-refractivity contribution in [1.82, 2.24) is 10.3 Å². The first-order valence-corrected chi connectivity index (χ1v) is 5.07. The number of anilines is 1. The van der Waals surface area contributed by atoms with E-state index < -0.39 is 0 Å². The van der Waals surface area contributed by atoms with E-state index in [9.17, 15) is 4.79 Å². The lowest BCUT2D eigenvalue weighted by Crippen LogP contribution is -2.22. The fraction of sp³-hybridized carbons (Fsp3) is 0.500. The molecule has 1 amide bonds. The zero-order valence-corrected chi connectivity index (χ0v) is 8.36. The number of aryl methyl sites for hydroxylation is 1. The van der Waals surface area contributed by atoms with Gasteiger partial charge in [0, 0.05) is 18.3 Å². The summed E-state index contributed by atoms with van der Waals surface area (Å²) in [6.07, 6.45) is 1.15. The smallest absolute Gasteiger partial charge is 0.220 e. The van der Waals surface area contributed by atoms with Gasteiger partial charge in [0.15, 0.2) is 5.13 Å². The number of carbonyl (C=O) groups excluding carboxylic acids is 1. The molecule has 1 heterocycles. The maximum absolute atomic E-state index is 11.1. The molecule has 0 saturated heterocycles. The summed E-state index contributed by atoms with van der Waals surface area (Å²) in [4.78, 5) is 15.1. The van der Waals surface area contributed by atoms with Gasteiger partial charge >= 0.3 is 0 Å². The Labute approximate surface area is 81.2 Å². The summed E-state index contributed by atoms with van der Waals surface area (Å²) in [7, 11) is 0. The van der Waals surface area contributed by atoms with Crippen LogP contribution in [0, 0.1) is 0 Å². The molecule has 0 aliphatic heterocycles. The summed E-state index contributed by atoms with van der Waals surface area (Å²) in [5.74, 6) is 0.0640. The second-order valence-electron chi connectivity index (χ2n) is 2.63. The van der Waals surface area contributed by atoms with Gasteiger partial charge in [0.2, 0.25) is 5.91 Å². The highest BCUT2D eigenvalue weighted by Crippen LogP contribution is 2.12. The highest BCUT2D eigenvalue weighted by Gasteiger charge is 2.02. The lowest BCUT2D eigenvalue weighted by atomic mass is 10.2. The highest BCUT2D eigenvalue weighted by molar-refractivity contribution is 7.13. The zero-order chi connectivity index (χ0) is 9.68. The molecule has 0 bridgehead atoms. The normalized spacial score (nSPS) is 9.92. The Morgan fingerprint density at radius 1 is 1.77 bits per heavy atom. The molecular formula is C8H13N3OS. The van der Waals surface area contributed by atoms with Crippen molar-refractivity contribution in [2.45, 2.75) is 19.8 Å². The van der Waals surface area contributed by atoms with Crippen LogP contribution in [0.15, 0.2) is 5.38 Å². The van der Waals surface area contributed by atoms with Gasteiger partial charge in [-0.1, -0.05) is 0 Å². The second-order valence-corrected chi connectivity index (χ2v) is 3.52. The Morgan fingerprint density at radius 2 is 2.54 bits per heavy atom. The van der Waals surface area contributed by atoms with Crippen LogP contribution in [0.2, 0.25) is 0 Å². The van der Waals surface area contributed by atoms with Crippen molar-refractivity contribution in [2.75, 3.05) is 12.3 Å². The third-order valence-corrected chi connectivity index (χ3v) is 2.27. The largest absolute Gasteiger partial charge is 0.375 e. The number of hydrogen-bond acceptors (Lipinski definition) is 4. The molecule has 3 N–H and O–H groups in total. The summed E-state index contributed by atoms with van der Waals surface area (Å²) >= 11 is 1.40. The summed E-state index contributed by atoms with van der Waals surface area (Å²) in [6, 6.07) is 0. The van der Waals surface area contributed by atoms with Crippen LogP contribution in [0.1, 0.15) is 19.0 Å². The van der Waals surface area contributed by atoms with Gasteiger partial charge < -0.3 is 11.1 Å². The number of amides is 1. The standard InChI is InChI=1S/C8H13N3OS/c1-2-10-7(12)4-3-6-5-13-8(9)11-6/h5H,2-4H2,1H3,(H2,9,11)(H,10,12). The van der Waals surface area contributed by atoms with E-state index in [1.54, 1.807) is 0 Å². The van der Waals surface area contributed by atoms with Crippen LogP contribution >= 0.6 is 11.3 Å². The molecule has 0 saturated carbocycles. The molecule has 0 unspecified atom stereocenters. The van der Waals surface area contributed by atoms with Gasteiger partial charge in [0.25, 0.3) is 0 Å². The van der Waals surface area contributed by atoms with E-state index in [1.165, 1.54) is 11.3 Å². The van der Waals surface area contributed by atoms with Gasteiger partial charge in [-0.05, 0) is 13.3 Å². The maximum atomic E-state index is 11.1. The zero-order valence-electron chi connectivity index (χ0n) is 7.54. The predicted octanol–water partition coefficient (Wildman–Crippen LogP) is 0.794. The summed E-state index contributed by atoms with van der Waals surface area (Å²) in [5, 5.41) is 5.17. The molecule has 0 radical (unpaired) electrons. The van der Waals surface area contributed by atoms with E-state index in [1.807, 2.05) is 12.3 Å². The number of nitrogens with zero attached hydrogens (tertiary/aromatic N) is 1. The Bertz CT molecular complexity index is 285. The van der Waals surface area contributed by atoms with E-state index in [4.69, 9.17) is 5.73 Å². The van der Waals surface area contributed by atoms with Gasteiger partial charge in [-0.2, -0.15) is 0 Å². The van der Waals surface area contributed by atoms with Crippen molar-refractivity contribution in [1.29, 1.82) is 0 Å². The first-order chi connectivity index (χ1) is 6.22. The Hall–Kier alpha value is -1.10. The lowest BCUT2D eigenvalue weighted by Gasteiger charge is -1.99. The van der Waals surface area contributed by atoms with Gasteiger partial charge in [0.05, 0.1) is 5.69 Å². The fourth-order valence-corrected chi connectivity index (χ4v) is 1.56. The topological polar surface area (TPSA) is 68.0 Å². The molecule has 0 spiro atoms. The summed E-state index contributed by atoms with van der Waals surface area (Å²) in [5.41, 5.74) is 6.35. The SMILES string of the molecule is CCNC(=O)CCc1csc(N)n1. The average Bonchev–Trinajstić information content (AvgIpc) is 2.49. The Morgan fingerprint density at radius 3 is 3.08 bits per heavy atom. The van der Waals surface area contributed by atoms with Gasteiger partial charge in [-0.25, -0.2) is 4.98 Å². The molecule has 0 aliphatic carbocycles. The molecule has 0 fully saturated rings. The molecule has 1 aromatic rings. The van der Waals surface area contributed by atoms with Crippen LogP contribution in [0.3, 0.4) is 0 Å². The van der Waals surface area contributed by atoms with Crippen molar-refractivity contribution in [3.8, 4) is 0 Å². The van der Waals surface area contributed by atoms with E-state index in [2.05, 4.69) is 10.3 Å². The number of rotatable bonds is 4. The number of thiazole rings is 1. The Balaban J connectivity index is 2.30. The van der Waals surface area contributed by atoms with E-state index in [0.29, 0.717) is 24.5 Å². The quantitative estimate of drug-likeness (QED) is 0.753. The minimum atomic E-state index is 0.0640. The predicted molar refractivity (Wildman–Crippen MR) is 53.5 cm³/mol. The first-order valence-electron chi connectivity index (χ1n) is 4.19. The van der Waals surface area contributed by atoms with Crippen molar-refractivity contribution in [3.63, 3.8) is 0 Å². The van der Waals surface area contributed by atoms with Gasteiger partial charge in [-0.15, -0.1) is 11.3 Å². The molecule has 5 heteroatoms. The number of carbonyl (C=O) groups is 1. The van der Waals surface area contributed by atoms with Crippen molar-refractivity contribution in [2.24, 2.45) is 0 Å². The van der Waals surface area contributed by atoms with E-state index >= 15 is 0 Å². The molecule has 1 aromatic heterocycles. The van der Waals surface area contributed by atoms with Crippen LogP contribution in [0.4, 0.5) is 5.13 Å². The number of aromatic nitrogens is 1. The maximum Gasteiger partial charge on any atom is 0.220 e. The minimum Gasteiger partial charge on any atom is -0.375 e. The van der Waals surface area contributed by atoms with Crippen LogP contribution in [-0.4, -0.2) is 17.4 Å². The van der Waals surface area contributed by atoms with Crippen molar-refractivity contribution < 1.29 is 4.79 Å². The third-order valence-electron chi connectivity index (χ3n) is 1.55. The van der Waals surface area contributed by atoms with Crippen LogP contribution in [0.5, 0.6) is 0 Å². The van der Waals surface area contributed by atoms with Gasteiger partial charge in [-0.3, -0.25) is 4.79 Å². The monoisotopic (exact) mass is 199 g/mol. The molecular weight excluding hydrogens is 186 g/mol. The molecule has 72 valence electrons. The molecule has 0 aromatic carbocycles. The minimum absolute atomic E-state index is 0.0640.